The SMILES string of the molecule is [C-]#[N+]CCOP(OC[C@H]1O[C@@H](n2cnc3c(/N=C\N(C)C)ncnc32)CC1NC(c1ccccc1)(c1ccccc1)c1ccccc1)N(C(C)C)C(C)C. The average molecular weight is 748 g/mol. The molecule has 1 saturated heterocycles. The Labute approximate surface area is 320 Å². The zero-order valence-corrected chi connectivity index (χ0v) is 32.8. The molecule has 3 aromatic carbocycles. The van der Waals surface area contributed by atoms with Crippen molar-refractivity contribution in [2.45, 2.75) is 70.1 Å². The van der Waals surface area contributed by atoms with Crippen LogP contribution < -0.4 is 5.32 Å². The summed E-state index contributed by atoms with van der Waals surface area (Å²) >= 11 is 0. The quantitative estimate of drug-likeness (QED) is 0.0257. The van der Waals surface area contributed by atoms with Crippen LogP contribution in [-0.4, -0.2) is 93.5 Å². The van der Waals surface area contributed by atoms with E-state index in [-0.39, 0.29) is 31.3 Å². The molecule has 4 atom stereocenters. The van der Waals surface area contributed by atoms with Crippen LogP contribution in [0.5, 0.6) is 0 Å². The van der Waals surface area contributed by atoms with Gasteiger partial charge in [-0.05, 0) is 44.4 Å². The first-order valence-corrected chi connectivity index (χ1v) is 19.5. The lowest BCUT2D eigenvalue weighted by molar-refractivity contribution is -0.0242. The van der Waals surface area contributed by atoms with Crippen molar-refractivity contribution >= 4 is 31.8 Å². The number of fused-ring (bicyclic) bond motifs is 1. The van der Waals surface area contributed by atoms with Gasteiger partial charge < -0.3 is 23.5 Å². The largest absolute Gasteiger partial charge is 0.369 e. The number of nitrogens with one attached hydrogen (secondary N) is 1. The van der Waals surface area contributed by atoms with Crippen molar-refractivity contribution < 1.29 is 13.8 Å². The number of hydrogen-bond donors (Lipinski definition) is 1. The van der Waals surface area contributed by atoms with Crippen LogP contribution in [0, 0.1) is 6.57 Å². The van der Waals surface area contributed by atoms with Gasteiger partial charge in [0.25, 0.3) is 8.53 Å². The van der Waals surface area contributed by atoms with Crippen LogP contribution in [0.15, 0.2) is 109 Å². The van der Waals surface area contributed by atoms with E-state index in [1.165, 1.54) is 6.33 Å². The predicted octanol–water partition coefficient (Wildman–Crippen LogP) is 7.58. The molecule has 12 nitrogen and oxygen atoms in total. The molecule has 1 N–H and O–H groups in total. The zero-order chi connectivity index (χ0) is 38.1. The molecule has 0 spiro atoms. The Bertz CT molecular complexity index is 1880. The molecule has 282 valence electrons. The maximum atomic E-state index is 7.33. The molecule has 0 bridgehead atoms. The maximum Gasteiger partial charge on any atom is 0.259 e. The van der Waals surface area contributed by atoms with Gasteiger partial charge in [0.05, 0.1) is 30.9 Å². The van der Waals surface area contributed by atoms with Gasteiger partial charge in [0.15, 0.2) is 17.0 Å². The minimum absolute atomic E-state index is 0.165. The Morgan fingerprint density at radius 3 is 2.06 bits per heavy atom. The first kappa shape index (κ1) is 39.1. The van der Waals surface area contributed by atoms with Gasteiger partial charge in [0, 0.05) is 38.6 Å². The fraction of sp³-hybridized carbons (Fsp3) is 0.390. The highest BCUT2D eigenvalue weighted by Gasteiger charge is 2.45. The molecule has 54 heavy (non-hydrogen) atoms. The van der Waals surface area contributed by atoms with Gasteiger partial charge in [-0.1, -0.05) is 91.0 Å². The van der Waals surface area contributed by atoms with Crippen molar-refractivity contribution in [3.05, 3.63) is 132 Å². The van der Waals surface area contributed by atoms with Crippen molar-refractivity contribution in [3.63, 3.8) is 0 Å². The van der Waals surface area contributed by atoms with Crippen molar-refractivity contribution in [3.8, 4) is 0 Å². The van der Waals surface area contributed by atoms with E-state index >= 15 is 0 Å². The molecular formula is C41H50N9O3P. The lowest BCUT2D eigenvalue weighted by Gasteiger charge is -2.40. The summed E-state index contributed by atoms with van der Waals surface area (Å²) in [4.78, 5) is 23.7. The van der Waals surface area contributed by atoms with Crippen LogP contribution in [0.3, 0.4) is 0 Å². The molecule has 0 saturated carbocycles. The first-order valence-electron chi connectivity index (χ1n) is 18.4. The van der Waals surface area contributed by atoms with Crippen molar-refractivity contribution in [2.75, 3.05) is 33.9 Å². The topological polar surface area (TPSA) is 107 Å². The van der Waals surface area contributed by atoms with E-state index < -0.39 is 26.4 Å². The number of imidazole rings is 1. The predicted molar refractivity (Wildman–Crippen MR) is 214 cm³/mol. The summed E-state index contributed by atoms with van der Waals surface area (Å²) < 4.78 is 24.3. The highest BCUT2D eigenvalue weighted by Crippen LogP contribution is 2.47. The number of rotatable bonds is 17. The Morgan fingerprint density at radius 1 is 0.926 bits per heavy atom. The fourth-order valence-electron chi connectivity index (χ4n) is 7.06. The molecule has 6 rings (SSSR count). The van der Waals surface area contributed by atoms with Gasteiger partial charge in [0.1, 0.15) is 19.2 Å². The second kappa shape index (κ2) is 18.2. The molecule has 0 aliphatic carbocycles. The Morgan fingerprint density at radius 2 is 1.52 bits per heavy atom. The third-order valence-electron chi connectivity index (χ3n) is 9.32. The number of ether oxygens (including phenoxy) is 1. The van der Waals surface area contributed by atoms with Gasteiger partial charge in [-0.25, -0.2) is 31.2 Å². The van der Waals surface area contributed by atoms with Crippen molar-refractivity contribution in [2.24, 2.45) is 4.99 Å². The molecule has 1 fully saturated rings. The number of benzene rings is 3. The number of hydrogen-bond acceptors (Lipinski definition) is 9. The van der Waals surface area contributed by atoms with Crippen molar-refractivity contribution in [1.29, 1.82) is 0 Å². The molecule has 1 aliphatic heterocycles. The summed E-state index contributed by atoms with van der Waals surface area (Å²) in [6, 6.07) is 31.8. The second-order valence-electron chi connectivity index (χ2n) is 14.0. The van der Waals surface area contributed by atoms with Crippen molar-refractivity contribution in [1.82, 2.24) is 34.4 Å². The normalized spacial score (nSPS) is 18.3. The van der Waals surface area contributed by atoms with Crippen LogP contribution in [-0.2, 0) is 19.3 Å². The van der Waals surface area contributed by atoms with E-state index in [2.05, 4.69) is 130 Å². The Kier molecular flexibility index (Phi) is 13.1. The molecule has 2 aromatic heterocycles. The summed E-state index contributed by atoms with van der Waals surface area (Å²) in [6.45, 7) is 16.7. The van der Waals surface area contributed by atoms with Crippen LogP contribution in [0.2, 0.25) is 0 Å². The van der Waals surface area contributed by atoms with Gasteiger partial charge in [0.2, 0.25) is 6.54 Å². The van der Waals surface area contributed by atoms with E-state index in [9.17, 15) is 0 Å². The highest BCUT2D eigenvalue weighted by molar-refractivity contribution is 7.44. The van der Waals surface area contributed by atoms with Crippen LogP contribution in [0.4, 0.5) is 5.82 Å². The van der Waals surface area contributed by atoms with Gasteiger partial charge >= 0.3 is 0 Å². The van der Waals surface area contributed by atoms with E-state index in [1.54, 1.807) is 12.7 Å². The number of nitrogens with zero attached hydrogens (tertiary/aromatic N) is 8. The summed E-state index contributed by atoms with van der Waals surface area (Å²) in [7, 11) is 2.32. The smallest absolute Gasteiger partial charge is 0.259 e. The molecule has 0 amide bonds. The molecule has 13 heteroatoms. The first-order chi connectivity index (χ1) is 26.2. The summed E-state index contributed by atoms with van der Waals surface area (Å²) in [5.74, 6) is 0.487. The minimum Gasteiger partial charge on any atom is -0.369 e. The third-order valence-corrected chi connectivity index (χ3v) is 11.4. The number of aliphatic imine (C=N–C) groups is 1. The average Bonchev–Trinajstić information content (AvgIpc) is 3.80. The summed E-state index contributed by atoms with van der Waals surface area (Å²) in [5, 5.41) is 4.18. The monoisotopic (exact) mass is 747 g/mol. The van der Waals surface area contributed by atoms with E-state index in [0.29, 0.717) is 30.0 Å². The van der Waals surface area contributed by atoms with Gasteiger partial charge in [-0.2, -0.15) is 0 Å². The standard InChI is InChI=1S/C41H50N9O3P/c1-30(2)50(31(3)4)54(51-24-23-42-5)52-26-36-35(25-37(53-36)49-29-45-38-39(46-28-48(6)7)43-27-44-40(38)49)47-41(32-17-11-8-12-18-32,33-19-13-9-14-20-33)34-21-15-10-16-22-34/h8-22,27-31,35-37,47H,23-26H2,1-4,6-7H3/b46-28-/t35?,36-,37-,54?/m1/s1. The third kappa shape index (κ3) is 8.68. The maximum absolute atomic E-state index is 7.33. The molecule has 2 unspecified atom stereocenters. The zero-order valence-electron chi connectivity index (χ0n) is 31.9. The van der Waals surface area contributed by atoms with Gasteiger partial charge in [-0.15, -0.1) is 0 Å². The minimum atomic E-state index is -1.49. The number of aromatic nitrogens is 4. The molecule has 5 aromatic rings. The lowest BCUT2D eigenvalue weighted by atomic mass is 9.76. The van der Waals surface area contributed by atoms with E-state index in [0.717, 1.165) is 16.7 Å². The molecule has 1 aliphatic rings. The van der Waals surface area contributed by atoms with Gasteiger partial charge in [-0.3, -0.25) is 9.88 Å². The second-order valence-corrected chi connectivity index (χ2v) is 15.5. The van der Waals surface area contributed by atoms with Crippen LogP contribution in [0.25, 0.3) is 16.0 Å². The van der Waals surface area contributed by atoms with Crippen LogP contribution in [0.1, 0.15) is 57.0 Å². The lowest BCUT2D eigenvalue weighted by Crippen LogP contribution is -2.53. The Balaban J connectivity index is 1.43. The molecular weight excluding hydrogens is 697 g/mol. The summed E-state index contributed by atoms with van der Waals surface area (Å²) in [6.07, 6.45) is 4.72. The van der Waals surface area contributed by atoms with Crippen LogP contribution >= 0.6 is 8.53 Å². The highest BCUT2D eigenvalue weighted by atomic mass is 31.2. The Hall–Kier alpha value is -4.60. The van der Waals surface area contributed by atoms with E-state index in [4.69, 9.17) is 25.3 Å². The summed E-state index contributed by atoms with van der Waals surface area (Å²) in [5.41, 5.74) is 3.80. The van der Waals surface area contributed by atoms with E-state index in [1.807, 2.05) is 41.8 Å². The molecule has 0 radical (unpaired) electrons. The molecule has 3 heterocycles. The fourth-order valence-corrected chi connectivity index (χ4v) is 8.67.